The molecule has 2 aromatic carbocycles. The van der Waals surface area contributed by atoms with Gasteiger partial charge in [-0.1, -0.05) is 30.3 Å². The normalized spacial score (nSPS) is 10.2. The Morgan fingerprint density at radius 1 is 1.14 bits per heavy atom. The van der Waals surface area contributed by atoms with Crippen LogP contribution >= 0.6 is 0 Å². The predicted molar refractivity (Wildman–Crippen MR) is 109 cm³/mol. The highest BCUT2D eigenvalue weighted by molar-refractivity contribution is 5.90. The van der Waals surface area contributed by atoms with Crippen molar-refractivity contribution in [2.45, 2.75) is 27.0 Å². The van der Waals surface area contributed by atoms with E-state index in [-0.39, 0.29) is 12.1 Å². The number of benzene rings is 2. The van der Waals surface area contributed by atoms with Crippen molar-refractivity contribution in [2.75, 3.05) is 5.32 Å². The Balaban J connectivity index is 1.62. The largest absolute Gasteiger partial charge is 0.489 e. The number of aromatic nitrogens is 2. The molecule has 29 heavy (non-hydrogen) atoms. The van der Waals surface area contributed by atoms with Crippen LogP contribution in [0.5, 0.6) is 5.75 Å². The van der Waals surface area contributed by atoms with Gasteiger partial charge in [0.1, 0.15) is 30.5 Å². The van der Waals surface area contributed by atoms with Gasteiger partial charge in [0.15, 0.2) is 0 Å². The van der Waals surface area contributed by atoms with Crippen molar-refractivity contribution >= 4 is 11.6 Å². The zero-order chi connectivity index (χ0) is 20.8. The molecule has 0 aliphatic heterocycles. The third kappa shape index (κ3) is 4.87. The van der Waals surface area contributed by atoms with Gasteiger partial charge in [-0.25, -0.2) is 4.68 Å². The maximum Gasteiger partial charge on any atom is 0.285 e. The first kappa shape index (κ1) is 19.8. The Kier molecular flexibility index (Phi) is 6.05. The van der Waals surface area contributed by atoms with Crippen molar-refractivity contribution in [3.8, 4) is 11.8 Å². The highest BCUT2D eigenvalue weighted by Gasteiger charge is 2.14. The van der Waals surface area contributed by atoms with E-state index in [0.29, 0.717) is 29.3 Å². The topological polar surface area (TPSA) is 97.0 Å². The average molecular weight is 388 g/mol. The minimum atomic E-state index is -0.574. The molecule has 7 nitrogen and oxygen atoms in total. The van der Waals surface area contributed by atoms with E-state index in [2.05, 4.69) is 10.4 Å². The van der Waals surface area contributed by atoms with Crippen LogP contribution in [-0.2, 0) is 17.9 Å². The van der Waals surface area contributed by atoms with Gasteiger partial charge in [-0.15, -0.1) is 0 Å². The van der Waals surface area contributed by atoms with Crippen LogP contribution in [0.4, 0.5) is 5.69 Å². The number of nitrogens with one attached hydrogen (secondary N) is 1. The van der Waals surface area contributed by atoms with Crippen molar-refractivity contribution in [2.24, 2.45) is 0 Å². The number of nitriles is 1. The second-order valence-electron chi connectivity index (χ2n) is 6.51. The van der Waals surface area contributed by atoms with E-state index in [1.807, 2.05) is 36.4 Å². The van der Waals surface area contributed by atoms with E-state index >= 15 is 0 Å². The van der Waals surface area contributed by atoms with Crippen LogP contribution in [0.1, 0.15) is 22.4 Å². The molecule has 146 valence electrons. The van der Waals surface area contributed by atoms with Gasteiger partial charge in [-0.3, -0.25) is 9.59 Å². The van der Waals surface area contributed by atoms with Gasteiger partial charge in [0.2, 0.25) is 5.91 Å². The number of carbonyl (C=O) groups is 1. The summed E-state index contributed by atoms with van der Waals surface area (Å²) in [5, 5.41) is 16.0. The monoisotopic (exact) mass is 388 g/mol. The van der Waals surface area contributed by atoms with Gasteiger partial charge in [0, 0.05) is 5.69 Å². The first-order chi connectivity index (χ1) is 14.0. The first-order valence-electron chi connectivity index (χ1n) is 9.03. The molecule has 0 atom stereocenters. The van der Waals surface area contributed by atoms with Gasteiger partial charge in [-0.05, 0) is 49.2 Å². The Labute approximate surface area is 168 Å². The molecule has 0 radical (unpaired) electrons. The predicted octanol–water partition coefficient (Wildman–Crippen LogP) is 2.95. The van der Waals surface area contributed by atoms with Crippen LogP contribution in [0.3, 0.4) is 0 Å². The Hall–Kier alpha value is -3.92. The highest BCUT2D eigenvalue weighted by Crippen LogP contribution is 2.17. The zero-order valence-electron chi connectivity index (χ0n) is 16.2. The molecule has 1 amide bonds. The smallest absolute Gasteiger partial charge is 0.285 e. The summed E-state index contributed by atoms with van der Waals surface area (Å²) in [6.07, 6.45) is 0. The summed E-state index contributed by atoms with van der Waals surface area (Å²) in [5.41, 5.74) is 2.13. The van der Waals surface area contributed by atoms with Crippen molar-refractivity contribution < 1.29 is 9.53 Å². The average Bonchev–Trinajstić information content (AvgIpc) is 2.73. The molecule has 1 aromatic heterocycles. The molecule has 0 saturated carbocycles. The van der Waals surface area contributed by atoms with Gasteiger partial charge in [-0.2, -0.15) is 10.4 Å². The third-order valence-electron chi connectivity index (χ3n) is 4.43. The van der Waals surface area contributed by atoms with Crippen molar-refractivity contribution in [1.82, 2.24) is 9.78 Å². The summed E-state index contributed by atoms with van der Waals surface area (Å²) in [5.74, 6) is 0.266. The lowest BCUT2D eigenvalue weighted by Crippen LogP contribution is -2.32. The number of anilines is 1. The molecule has 0 saturated heterocycles. The number of amides is 1. The van der Waals surface area contributed by atoms with Gasteiger partial charge < -0.3 is 10.1 Å². The molecule has 3 aromatic rings. The fourth-order valence-corrected chi connectivity index (χ4v) is 2.72. The van der Waals surface area contributed by atoms with E-state index in [4.69, 9.17) is 10.00 Å². The SMILES string of the molecule is Cc1nn(CC(=O)Nc2ccc(OCc3ccccc3)cc2)c(=O)c(C#N)c1C. The van der Waals surface area contributed by atoms with E-state index in [9.17, 15) is 9.59 Å². The molecule has 1 N–H and O–H groups in total. The van der Waals surface area contributed by atoms with E-state index < -0.39 is 11.5 Å². The molecule has 0 fully saturated rings. The number of rotatable bonds is 6. The molecular formula is C22H20N4O3. The lowest BCUT2D eigenvalue weighted by atomic mass is 10.1. The quantitative estimate of drug-likeness (QED) is 0.700. The standard InChI is InChI=1S/C22H20N4O3/c1-15-16(2)25-26(22(28)20(15)12-23)13-21(27)24-18-8-10-19(11-9-18)29-14-17-6-4-3-5-7-17/h3-11H,13-14H2,1-2H3,(H,24,27). The number of ether oxygens (including phenoxy) is 1. The van der Waals surface area contributed by atoms with E-state index in [1.54, 1.807) is 38.1 Å². The summed E-state index contributed by atoms with van der Waals surface area (Å²) in [4.78, 5) is 24.6. The van der Waals surface area contributed by atoms with E-state index in [1.165, 1.54) is 0 Å². The molecule has 0 aliphatic rings. The molecule has 7 heteroatoms. The molecule has 0 unspecified atom stereocenters. The second kappa shape index (κ2) is 8.85. The number of hydrogen-bond acceptors (Lipinski definition) is 5. The van der Waals surface area contributed by atoms with Gasteiger partial charge >= 0.3 is 0 Å². The third-order valence-corrected chi connectivity index (χ3v) is 4.43. The Bertz CT molecular complexity index is 1110. The summed E-state index contributed by atoms with van der Waals surface area (Å²) >= 11 is 0. The molecule has 1 heterocycles. The molecule has 0 spiro atoms. The van der Waals surface area contributed by atoms with Crippen LogP contribution in [0, 0.1) is 25.2 Å². The summed E-state index contributed by atoms with van der Waals surface area (Å²) < 4.78 is 6.72. The fraction of sp³-hybridized carbons (Fsp3) is 0.182. The lowest BCUT2D eigenvalue weighted by Gasteiger charge is -2.10. The molecule has 3 rings (SSSR count). The first-order valence-corrected chi connectivity index (χ1v) is 9.03. The number of carbonyl (C=O) groups excluding carboxylic acids is 1. The number of hydrogen-bond donors (Lipinski definition) is 1. The van der Waals surface area contributed by atoms with E-state index in [0.717, 1.165) is 10.2 Å². The van der Waals surface area contributed by atoms with Crippen molar-refractivity contribution in [1.29, 1.82) is 5.26 Å². The summed E-state index contributed by atoms with van der Waals surface area (Å²) in [7, 11) is 0. The Morgan fingerprint density at radius 3 is 2.48 bits per heavy atom. The van der Waals surface area contributed by atoms with Crippen LogP contribution in [0.2, 0.25) is 0 Å². The van der Waals surface area contributed by atoms with Crippen LogP contribution < -0.4 is 15.6 Å². The van der Waals surface area contributed by atoms with Crippen molar-refractivity contribution in [3.63, 3.8) is 0 Å². The molecule has 0 bridgehead atoms. The second-order valence-corrected chi connectivity index (χ2v) is 6.51. The summed E-state index contributed by atoms with van der Waals surface area (Å²) in [6, 6.07) is 18.6. The number of nitrogens with zero attached hydrogens (tertiary/aromatic N) is 3. The minimum Gasteiger partial charge on any atom is -0.489 e. The number of aryl methyl sites for hydroxylation is 1. The zero-order valence-corrected chi connectivity index (χ0v) is 16.2. The maximum atomic E-state index is 12.3. The Morgan fingerprint density at radius 2 is 1.83 bits per heavy atom. The van der Waals surface area contributed by atoms with Crippen LogP contribution in [-0.4, -0.2) is 15.7 Å². The minimum absolute atomic E-state index is 0.00483. The fourth-order valence-electron chi connectivity index (χ4n) is 2.72. The molecular weight excluding hydrogens is 368 g/mol. The van der Waals surface area contributed by atoms with Crippen LogP contribution in [0.15, 0.2) is 59.4 Å². The summed E-state index contributed by atoms with van der Waals surface area (Å²) in [6.45, 7) is 3.53. The molecule has 0 aliphatic carbocycles. The van der Waals surface area contributed by atoms with Gasteiger partial charge in [0.05, 0.1) is 5.69 Å². The van der Waals surface area contributed by atoms with Gasteiger partial charge in [0.25, 0.3) is 5.56 Å². The van der Waals surface area contributed by atoms with Crippen LogP contribution in [0.25, 0.3) is 0 Å². The van der Waals surface area contributed by atoms with Crippen molar-refractivity contribution in [3.05, 3.63) is 87.3 Å². The highest BCUT2D eigenvalue weighted by atomic mass is 16.5. The lowest BCUT2D eigenvalue weighted by molar-refractivity contribution is -0.117. The maximum absolute atomic E-state index is 12.3.